The van der Waals surface area contributed by atoms with E-state index in [0.29, 0.717) is 11.1 Å². The lowest BCUT2D eigenvalue weighted by Crippen LogP contribution is -2.25. The topological polar surface area (TPSA) is 17.1 Å². The second-order valence-corrected chi connectivity index (χ2v) is 4.41. The Hall–Kier alpha value is -2.24. The van der Waals surface area contributed by atoms with Gasteiger partial charge in [-0.15, -0.1) is 0 Å². The van der Waals surface area contributed by atoms with Crippen LogP contribution in [-0.4, -0.2) is 12.0 Å². The molecule has 0 N–H and O–H groups in total. The van der Waals surface area contributed by atoms with Gasteiger partial charge in [0.1, 0.15) is 11.6 Å². The monoisotopic (exact) mass is 300 g/mol. The van der Waals surface area contributed by atoms with Crippen LogP contribution in [0, 0.1) is 5.82 Å². The first kappa shape index (κ1) is 15.2. The number of hydrogen-bond acceptors (Lipinski definition) is 1. The Morgan fingerprint density at radius 1 is 1.10 bits per heavy atom. The van der Waals surface area contributed by atoms with E-state index in [-0.39, 0.29) is 6.42 Å². The van der Waals surface area contributed by atoms with Crippen molar-refractivity contribution in [2.75, 3.05) is 0 Å². The Morgan fingerprint density at radius 2 is 1.71 bits per heavy atom. The lowest BCUT2D eigenvalue weighted by molar-refractivity contribution is -0.166. The number of rotatable bonds is 2. The van der Waals surface area contributed by atoms with Crippen molar-refractivity contribution in [3.8, 4) is 0 Å². The second-order valence-electron chi connectivity index (χ2n) is 4.41. The van der Waals surface area contributed by atoms with Crippen LogP contribution in [0.3, 0.4) is 0 Å². The minimum Gasteiger partial charge on any atom is -0.284 e. The number of benzene rings is 1. The molecule has 1 nitrogen and oxygen atoms in total. The van der Waals surface area contributed by atoms with Gasteiger partial charge in [-0.25, -0.2) is 8.78 Å². The summed E-state index contributed by atoms with van der Waals surface area (Å²) < 4.78 is 63.2. The molecular formula is C15H9F5O. The fourth-order valence-corrected chi connectivity index (χ4v) is 1.83. The lowest BCUT2D eigenvalue weighted by atomic mass is 9.96. The number of Topliss-reactive ketones (excluding diaryl/α,β-unsaturated/α-hetero) is 1. The van der Waals surface area contributed by atoms with E-state index in [1.807, 2.05) is 0 Å². The van der Waals surface area contributed by atoms with Gasteiger partial charge in [0.05, 0.1) is 5.57 Å². The van der Waals surface area contributed by atoms with Crippen molar-refractivity contribution in [2.24, 2.45) is 0 Å². The second kappa shape index (κ2) is 5.63. The highest BCUT2D eigenvalue weighted by Gasteiger charge is 2.42. The number of hydrogen-bond donors (Lipinski definition) is 0. The molecule has 0 spiro atoms. The Bertz CT molecular complexity index is 648. The highest BCUT2D eigenvalue weighted by atomic mass is 19.4. The number of allylic oxidation sites excluding steroid dienone is 5. The van der Waals surface area contributed by atoms with Crippen LogP contribution in [0.1, 0.15) is 12.0 Å². The smallest absolute Gasteiger partial charge is 0.284 e. The summed E-state index contributed by atoms with van der Waals surface area (Å²) in [5, 5.41) is 0. The van der Waals surface area contributed by atoms with E-state index in [0.717, 1.165) is 12.2 Å². The zero-order valence-corrected chi connectivity index (χ0v) is 10.5. The quantitative estimate of drug-likeness (QED) is 0.734. The van der Waals surface area contributed by atoms with Gasteiger partial charge in [-0.05, 0) is 41.8 Å². The molecule has 0 unspecified atom stereocenters. The molecule has 1 aromatic rings. The fraction of sp³-hybridized carbons (Fsp3) is 0.133. The third-order valence-electron chi connectivity index (χ3n) is 2.83. The highest BCUT2D eigenvalue weighted by molar-refractivity contribution is 6.03. The van der Waals surface area contributed by atoms with Crippen LogP contribution in [0.4, 0.5) is 22.0 Å². The van der Waals surface area contributed by atoms with Crippen LogP contribution < -0.4 is 0 Å². The molecule has 0 aromatic heterocycles. The summed E-state index contributed by atoms with van der Waals surface area (Å²) in [7, 11) is 0. The van der Waals surface area contributed by atoms with E-state index in [1.54, 1.807) is 0 Å². The normalized spacial score (nSPS) is 17.5. The molecule has 1 aliphatic carbocycles. The van der Waals surface area contributed by atoms with Crippen LogP contribution in [0.2, 0.25) is 0 Å². The van der Waals surface area contributed by atoms with Crippen molar-refractivity contribution in [2.45, 2.75) is 12.6 Å². The summed E-state index contributed by atoms with van der Waals surface area (Å²) in [5.74, 6) is -3.86. The standard InChI is InChI=1S/C15H9F5O/c16-11-4-1-9(2-5-11)7-10-3-6-13(17)12(8-10)14(21)15(18,19)20/h1-2,4-8H,3H2. The van der Waals surface area contributed by atoms with Gasteiger partial charge < -0.3 is 0 Å². The number of halogens is 5. The largest absolute Gasteiger partial charge is 0.454 e. The molecule has 1 aliphatic rings. The summed E-state index contributed by atoms with van der Waals surface area (Å²) in [4.78, 5) is 11.1. The minimum absolute atomic E-state index is 0.0534. The summed E-state index contributed by atoms with van der Waals surface area (Å²) in [6, 6.07) is 5.24. The predicted molar refractivity (Wildman–Crippen MR) is 67.3 cm³/mol. The molecule has 2 rings (SSSR count). The maximum atomic E-state index is 13.4. The first-order chi connectivity index (χ1) is 9.77. The van der Waals surface area contributed by atoms with Crippen LogP contribution >= 0.6 is 0 Å². The number of carbonyl (C=O) groups is 1. The van der Waals surface area contributed by atoms with Crippen molar-refractivity contribution in [3.05, 3.63) is 64.8 Å². The summed E-state index contributed by atoms with van der Waals surface area (Å²) in [6.45, 7) is 0. The minimum atomic E-state index is -5.13. The van der Waals surface area contributed by atoms with Crippen LogP contribution in [0.15, 0.2) is 53.4 Å². The van der Waals surface area contributed by atoms with Crippen molar-refractivity contribution in [1.82, 2.24) is 0 Å². The first-order valence-corrected chi connectivity index (χ1v) is 5.93. The Labute approximate surface area is 117 Å². The number of alkyl halides is 3. The molecule has 0 amide bonds. The summed E-state index contributed by atoms with van der Waals surface area (Å²) in [6.07, 6.45) is -1.83. The maximum Gasteiger partial charge on any atom is 0.454 e. The average molecular weight is 300 g/mol. The molecule has 110 valence electrons. The Balaban J connectivity index is 2.33. The molecule has 0 aliphatic heterocycles. The van der Waals surface area contributed by atoms with Gasteiger partial charge in [-0.1, -0.05) is 18.2 Å². The van der Waals surface area contributed by atoms with E-state index in [2.05, 4.69) is 0 Å². The van der Waals surface area contributed by atoms with E-state index < -0.39 is 29.2 Å². The molecule has 1 aromatic carbocycles. The molecule has 0 heterocycles. The van der Waals surface area contributed by atoms with E-state index >= 15 is 0 Å². The Kier molecular flexibility index (Phi) is 4.06. The number of ketones is 1. The zero-order chi connectivity index (χ0) is 15.6. The molecule has 0 fully saturated rings. The molecule has 21 heavy (non-hydrogen) atoms. The van der Waals surface area contributed by atoms with Crippen molar-refractivity contribution < 1.29 is 26.7 Å². The van der Waals surface area contributed by atoms with E-state index in [9.17, 15) is 26.7 Å². The molecule has 0 bridgehead atoms. The predicted octanol–water partition coefficient (Wildman–Crippen LogP) is 4.52. The molecule has 0 atom stereocenters. The third-order valence-corrected chi connectivity index (χ3v) is 2.83. The summed E-state index contributed by atoms with van der Waals surface area (Å²) >= 11 is 0. The van der Waals surface area contributed by atoms with E-state index in [4.69, 9.17) is 0 Å². The average Bonchev–Trinajstić information content (AvgIpc) is 2.42. The van der Waals surface area contributed by atoms with E-state index in [1.165, 1.54) is 30.3 Å². The number of carbonyl (C=O) groups excluding carboxylic acids is 1. The van der Waals surface area contributed by atoms with Crippen molar-refractivity contribution in [1.29, 1.82) is 0 Å². The molecule has 0 saturated carbocycles. The van der Waals surface area contributed by atoms with Crippen LogP contribution in [-0.2, 0) is 4.79 Å². The fourth-order valence-electron chi connectivity index (χ4n) is 1.83. The van der Waals surface area contributed by atoms with Gasteiger partial charge in [-0.2, -0.15) is 13.2 Å². The molecule has 6 heteroatoms. The van der Waals surface area contributed by atoms with Gasteiger partial charge in [0.15, 0.2) is 0 Å². The SMILES string of the molecule is O=C(C1=CC(=Cc2ccc(F)cc2)CC=C1F)C(F)(F)F. The first-order valence-electron chi connectivity index (χ1n) is 5.93. The highest BCUT2D eigenvalue weighted by Crippen LogP contribution is 2.31. The Morgan fingerprint density at radius 3 is 2.29 bits per heavy atom. The van der Waals surface area contributed by atoms with Gasteiger partial charge in [0.2, 0.25) is 0 Å². The van der Waals surface area contributed by atoms with Crippen molar-refractivity contribution in [3.63, 3.8) is 0 Å². The van der Waals surface area contributed by atoms with Gasteiger partial charge in [0, 0.05) is 0 Å². The van der Waals surface area contributed by atoms with Gasteiger partial charge in [0.25, 0.3) is 5.78 Å². The van der Waals surface area contributed by atoms with Gasteiger partial charge >= 0.3 is 6.18 Å². The summed E-state index contributed by atoms with van der Waals surface area (Å²) in [5.41, 5.74) is -0.144. The van der Waals surface area contributed by atoms with Gasteiger partial charge in [-0.3, -0.25) is 4.79 Å². The van der Waals surface area contributed by atoms with Crippen LogP contribution in [0.25, 0.3) is 6.08 Å². The van der Waals surface area contributed by atoms with Crippen LogP contribution in [0.5, 0.6) is 0 Å². The zero-order valence-electron chi connectivity index (χ0n) is 10.5. The van der Waals surface area contributed by atoms with Crippen molar-refractivity contribution >= 4 is 11.9 Å². The molecule has 0 radical (unpaired) electrons. The third kappa shape index (κ3) is 3.65. The molecular weight excluding hydrogens is 291 g/mol. The molecule has 0 saturated heterocycles. The maximum absolute atomic E-state index is 13.4. The lowest BCUT2D eigenvalue weighted by Gasteiger charge is -2.13.